The van der Waals surface area contributed by atoms with Gasteiger partial charge in [-0.25, -0.2) is 9.37 Å². The molecule has 0 fully saturated rings. The molecule has 29 heavy (non-hydrogen) atoms. The average Bonchev–Trinajstić information content (AvgIpc) is 3.40. The van der Waals surface area contributed by atoms with Gasteiger partial charge in [-0.3, -0.25) is 0 Å². The normalized spacial score (nSPS) is 15.9. The molecular weight excluding hydrogens is 375 g/mol. The predicted molar refractivity (Wildman–Crippen MR) is 101 cm³/mol. The molecule has 0 saturated heterocycles. The maximum Gasteiger partial charge on any atom is 0.278 e. The van der Waals surface area contributed by atoms with Gasteiger partial charge in [-0.15, -0.1) is 0 Å². The summed E-state index contributed by atoms with van der Waals surface area (Å²) in [5.74, 6) is 1.09. The number of imidazole rings is 1. The molecule has 0 saturated carbocycles. The van der Waals surface area contributed by atoms with Crippen LogP contribution in [0.25, 0.3) is 23.0 Å². The van der Waals surface area contributed by atoms with Crippen LogP contribution in [-0.4, -0.2) is 26.8 Å². The van der Waals surface area contributed by atoms with Crippen LogP contribution in [0.1, 0.15) is 17.4 Å². The van der Waals surface area contributed by atoms with Gasteiger partial charge in [0.15, 0.2) is 5.69 Å². The molecule has 4 aromatic rings. The minimum absolute atomic E-state index is 0.265. The Morgan fingerprint density at radius 3 is 2.83 bits per heavy atom. The lowest BCUT2D eigenvalue weighted by Gasteiger charge is -2.25. The minimum atomic E-state index is -0.377. The van der Waals surface area contributed by atoms with Crippen molar-refractivity contribution in [1.29, 1.82) is 0 Å². The number of aromatic nitrogens is 4. The third-order valence-electron chi connectivity index (χ3n) is 4.96. The first-order chi connectivity index (χ1) is 14.2. The van der Waals surface area contributed by atoms with Crippen LogP contribution in [0, 0.1) is 5.82 Å². The third-order valence-corrected chi connectivity index (χ3v) is 4.96. The van der Waals surface area contributed by atoms with Gasteiger partial charge in [0.2, 0.25) is 5.82 Å². The Labute approximate surface area is 165 Å². The second-order valence-electron chi connectivity index (χ2n) is 6.64. The van der Waals surface area contributed by atoms with Crippen LogP contribution in [0.2, 0.25) is 0 Å². The van der Waals surface area contributed by atoms with Gasteiger partial charge < -0.3 is 18.6 Å². The molecule has 2 aromatic carbocycles. The van der Waals surface area contributed by atoms with Gasteiger partial charge >= 0.3 is 0 Å². The van der Waals surface area contributed by atoms with Gasteiger partial charge in [0.1, 0.15) is 17.7 Å². The second-order valence-corrected chi connectivity index (χ2v) is 6.64. The van der Waals surface area contributed by atoms with Crippen molar-refractivity contribution < 1.29 is 18.4 Å². The van der Waals surface area contributed by atoms with Gasteiger partial charge in [-0.1, -0.05) is 35.5 Å². The van der Waals surface area contributed by atoms with Crippen molar-refractivity contribution in [3.8, 4) is 28.7 Å². The van der Waals surface area contributed by atoms with Crippen molar-refractivity contribution in [1.82, 2.24) is 19.7 Å². The van der Waals surface area contributed by atoms with Gasteiger partial charge in [-0.05, 0) is 18.2 Å². The monoisotopic (exact) mass is 392 g/mol. The highest BCUT2D eigenvalue weighted by atomic mass is 19.1. The molecule has 3 heterocycles. The summed E-state index contributed by atoms with van der Waals surface area (Å²) in [5, 5.41) is 4.07. The van der Waals surface area contributed by atoms with E-state index >= 15 is 0 Å². The molecule has 1 unspecified atom stereocenters. The SMILES string of the molecule is COc1ccccc1-c1noc(-c2ncn3c2COC(c2ccccc2F)C3)n1. The number of ether oxygens (including phenoxy) is 2. The number of nitrogens with zero attached hydrogens (tertiary/aromatic N) is 4. The fraction of sp³-hybridized carbons (Fsp3) is 0.190. The maximum atomic E-state index is 14.1. The highest BCUT2D eigenvalue weighted by Gasteiger charge is 2.28. The average molecular weight is 392 g/mol. The summed E-state index contributed by atoms with van der Waals surface area (Å²) in [6, 6.07) is 14.1. The van der Waals surface area contributed by atoms with Crippen LogP contribution in [0.5, 0.6) is 5.75 Å². The van der Waals surface area contributed by atoms with Gasteiger partial charge in [-0.2, -0.15) is 4.98 Å². The molecule has 0 radical (unpaired) electrons. The zero-order valence-corrected chi connectivity index (χ0v) is 15.6. The lowest BCUT2D eigenvalue weighted by Crippen LogP contribution is -2.21. The largest absolute Gasteiger partial charge is 0.496 e. The Morgan fingerprint density at radius 1 is 1.14 bits per heavy atom. The molecular formula is C21H17FN4O3. The van der Waals surface area contributed by atoms with Crippen LogP contribution < -0.4 is 4.74 Å². The second kappa shape index (κ2) is 7.14. The summed E-state index contributed by atoms with van der Waals surface area (Å²) < 4.78 is 32.8. The van der Waals surface area contributed by atoms with Crippen molar-refractivity contribution in [2.75, 3.05) is 7.11 Å². The highest BCUT2D eigenvalue weighted by molar-refractivity contribution is 5.65. The zero-order valence-electron chi connectivity index (χ0n) is 15.6. The predicted octanol–water partition coefficient (Wildman–Crippen LogP) is 4.02. The van der Waals surface area contributed by atoms with E-state index in [2.05, 4.69) is 15.1 Å². The van der Waals surface area contributed by atoms with Gasteiger partial charge in [0.25, 0.3) is 5.89 Å². The number of halogens is 1. The molecule has 0 N–H and O–H groups in total. The Kier molecular flexibility index (Phi) is 4.33. The summed E-state index contributed by atoms with van der Waals surface area (Å²) in [7, 11) is 1.59. The lowest BCUT2D eigenvalue weighted by atomic mass is 10.1. The number of hydrogen-bond donors (Lipinski definition) is 0. The molecule has 1 aliphatic rings. The first kappa shape index (κ1) is 17.6. The first-order valence-corrected chi connectivity index (χ1v) is 9.12. The molecule has 1 aliphatic heterocycles. The lowest BCUT2D eigenvalue weighted by molar-refractivity contribution is 0.00126. The molecule has 5 rings (SSSR count). The molecule has 1 atom stereocenters. The van der Waals surface area contributed by atoms with E-state index in [-0.39, 0.29) is 18.5 Å². The van der Waals surface area contributed by atoms with Crippen LogP contribution in [0.3, 0.4) is 0 Å². The number of benzene rings is 2. The van der Waals surface area contributed by atoms with E-state index in [1.807, 2.05) is 28.8 Å². The molecule has 7 nitrogen and oxygen atoms in total. The van der Waals surface area contributed by atoms with Crippen LogP contribution in [0.4, 0.5) is 4.39 Å². The number of hydrogen-bond acceptors (Lipinski definition) is 6. The van der Waals surface area contributed by atoms with E-state index in [0.717, 1.165) is 11.3 Å². The van der Waals surface area contributed by atoms with Crippen LogP contribution in [0.15, 0.2) is 59.4 Å². The first-order valence-electron chi connectivity index (χ1n) is 9.12. The summed E-state index contributed by atoms with van der Waals surface area (Å²) in [5.41, 5.74) is 2.64. The molecule has 0 bridgehead atoms. The molecule has 146 valence electrons. The Bertz CT molecular complexity index is 1170. The minimum Gasteiger partial charge on any atom is -0.496 e. The molecule has 8 heteroatoms. The zero-order chi connectivity index (χ0) is 19.8. The quantitative estimate of drug-likeness (QED) is 0.522. The van der Waals surface area contributed by atoms with Gasteiger partial charge in [0.05, 0.1) is 37.8 Å². The fourth-order valence-electron chi connectivity index (χ4n) is 3.49. The van der Waals surface area contributed by atoms with Crippen molar-refractivity contribution in [3.63, 3.8) is 0 Å². The van der Waals surface area contributed by atoms with Crippen LogP contribution >= 0.6 is 0 Å². The van der Waals surface area contributed by atoms with Gasteiger partial charge in [0, 0.05) is 5.56 Å². The molecule has 2 aromatic heterocycles. The highest BCUT2D eigenvalue weighted by Crippen LogP contribution is 2.33. The van der Waals surface area contributed by atoms with E-state index < -0.39 is 0 Å². The van der Waals surface area contributed by atoms with E-state index in [1.54, 1.807) is 31.6 Å². The molecule has 0 aliphatic carbocycles. The Balaban J connectivity index is 1.44. The molecule has 0 spiro atoms. The number of methoxy groups -OCH3 is 1. The Hall–Kier alpha value is -3.52. The smallest absolute Gasteiger partial charge is 0.278 e. The van der Waals surface area contributed by atoms with Crippen molar-refractivity contribution in [2.45, 2.75) is 19.3 Å². The van der Waals surface area contributed by atoms with Crippen molar-refractivity contribution in [2.24, 2.45) is 0 Å². The number of rotatable bonds is 4. The Morgan fingerprint density at radius 2 is 1.97 bits per heavy atom. The van der Waals surface area contributed by atoms with Crippen LogP contribution in [-0.2, 0) is 17.9 Å². The van der Waals surface area contributed by atoms with E-state index in [9.17, 15) is 4.39 Å². The fourth-order valence-corrected chi connectivity index (χ4v) is 3.49. The summed E-state index contributed by atoms with van der Waals surface area (Å²) in [6.07, 6.45) is 1.31. The number of para-hydroxylation sites is 1. The van der Waals surface area contributed by atoms with Crippen molar-refractivity contribution >= 4 is 0 Å². The summed E-state index contributed by atoms with van der Waals surface area (Å²) >= 11 is 0. The third kappa shape index (κ3) is 3.07. The van der Waals surface area contributed by atoms with E-state index in [4.69, 9.17) is 14.0 Å². The number of fused-ring (bicyclic) bond motifs is 1. The van der Waals surface area contributed by atoms with E-state index in [0.29, 0.717) is 35.3 Å². The standard InChI is InChI=1S/C21H17FN4O3/c1-27-17-9-5-3-7-14(17)20-24-21(29-25-20)19-16-11-28-18(10-26(16)12-23-19)13-6-2-4-8-15(13)22/h2-9,12,18H,10-11H2,1H3. The van der Waals surface area contributed by atoms with Crippen molar-refractivity contribution in [3.05, 3.63) is 71.9 Å². The summed E-state index contributed by atoms with van der Waals surface area (Å²) in [6.45, 7) is 0.720. The van der Waals surface area contributed by atoms with E-state index in [1.165, 1.54) is 6.07 Å². The summed E-state index contributed by atoms with van der Waals surface area (Å²) in [4.78, 5) is 8.91. The topological polar surface area (TPSA) is 75.2 Å². The molecule has 0 amide bonds. The maximum absolute atomic E-state index is 14.1.